The average molecular weight is 677 g/mol. The monoisotopic (exact) mass is 675 g/mol. The van der Waals surface area contributed by atoms with Crippen molar-refractivity contribution in [3.63, 3.8) is 0 Å². The summed E-state index contributed by atoms with van der Waals surface area (Å²) < 4.78 is 11.8. The highest BCUT2D eigenvalue weighted by molar-refractivity contribution is 9.10. The Morgan fingerprint density at radius 2 is 1.73 bits per heavy atom. The molecule has 13 heteroatoms. The van der Waals surface area contributed by atoms with Crippen molar-refractivity contribution in [2.75, 3.05) is 38.3 Å². The molecule has 2 aromatic rings. The Morgan fingerprint density at radius 1 is 1.09 bits per heavy atom. The zero-order valence-corrected chi connectivity index (χ0v) is 27.6. The van der Waals surface area contributed by atoms with Gasteiger partial charge in [-0.1, -0.05) is 27.7 Å². The number of aliphatic hydroxyl groups is 2. The first kappa shape index (κ1) is 36.6. The third kappa shape index (κ3) is 11.5. The minimum Gasteiger partial charge on any atom is -0.494 e. The van der Waals surface area contributed by atoms with Crippen molar-refractivity contribution in [1.82, 2.24) is 0 Å². The molecule has 0 radical (unpaired) electrons. The van der Waals surface area contributed by atoms with Gasteiger partial charge in [0.2, 0.25) is 0 Å². The smallest absolute Gasteiger partial charge is 0.311 e. The minimum atomic E-state index is -0.610. The van der Waals surface area contributed by atoms with Crippen LogP contribution in [0.3, 0.4) is 0 Å². The summed E-state index contributed by atoms with van der Waals surface area (Å²) in [6.45, 7) is 9.59. The third-order valence-corrected chi connectivity index (χ3v) is 7.21. The highest BCUT2D eigenvalue weighted by Gasteiger charge is 2.23. The molecule has 44 heavy (non-hydrogen) atoms. The number of methoxy groups -OCH3 is 1. The Labute approximate surface area is 267 Å². The molecule has 1 atom stereocenters. The molecule has 0 amide bonds. The lowest BCUT2D eigenvalue weighted by molar-refractivity contribution is -0.384. The minimum absolute atomic E-state index is 0.0343. The molecule has 0 bridgehead atoms. The van der Waals surface area contributed by atoms with Gasteiger partial charge in [-0.15, -0.1) is 10.2 Å². The molecule has 0 aliphatic rings. The Hall–Kier alpha value is -3.60. The van der Waals surface area contributed by atoms with Crippen molar-refractivity contribution >= 4 is 44.6 Å². The standard InChI is InChI=1S/C31H42BrN5O7/c1-21(19-31(2,3)4)14-29(40)44-27-18-26(36(10-6-8-12-38)11-7-9-13-39)28(43-5)17-25(27)34-35-30-22(20-33)15-23(37(41)42)16-24(30)32/h15-18,21,38-39H,6-14,19H2,1-5H3. The summed E-state index contributed by atoms with van der Waals surface area (Å²) in [6.07, 6.45) is 3.60. The number of nitrogens with zero attached hydrogens (tertiary/aromatic N) is 5. The maximum Gasteiger partial charge on any atom is 0.311 e. The summed E-state index contributed by atoms with van der Waals surface area (Å²) in [7, 11) is 1.50. The molecule has 2 N–H and O–H groups in total. The van der Waals surface area contributed by atoms with Crippen LogP contribution in [0, 0.1) is 32.8 Å². The van der Waals surface area contributed by atoms with E-state index in [0.29, 0.717) is 50.2 Å². The van der Waals surface area contributed by atoms with Crippen LogP contribution in [0.15, 0.2) is 39.0 Å². The number of benzene rings is 2. The molecule has 0 saturated carbocycles. The van der Waals surface area contributed by atoms with Crippen molar-refractivity contribution < 1.29 is 29.4 Å². The lowest BCUT2D eigenvalue weighted by Gasteiger charge is -2.27. The number of halogens is 1. The molecule has 0 aliphatic heterocycles. The predicted molar refractivity (Wildman–Crippen MR) is 171 cm³/mol. The average Bonchev–Trinajstić information content (AvgIpc) is 2.94. The Bertz CT molecular complexity index is 1340. The highest BCUT2D eigenvalue weighted by Crippen LogP contribution is 2.43. The topological polar surface area (TPSA) is 171 Å². The second kappa shape index (κ2) is 17.6. The summed E-state index contributed by atoms with van der Waals surface area (Å²) in [4.78, 5) is 25.8. The van der Waals surface area contributed by atoms with E-state index in [0.717, 1.165) is 12.5 Å². The van der Waals surface area contributed by atoms with Crippen LogP contribution in [0.2, 0.25) is 0 Å². The third-order valence-electron chi connectivity index (χ3n) is 6.61. The Balaban J connectivity index is 2.62. The Kier molecular flexibility index (Phi) is 14.7. The SMILES string of the molecule is COc1cc(N=Nc2c(Br)cc([N+](=O)[O-])cc2C#N)c(OC(=O)CC(C)CC(C)(C)C)cc1N(CCCCO)CCCCO. The maximum absolute atomic E-state index is 13.1. The van der Waals surface area contributed by atoms with Crippen LogP contribution >= 0.6 is 15.9 Å². The molecule has 0 heterocycles. The van der Waals surface area contributed by atoms with Crippen LogP contribution in [-0.2, 0) is 4.79 Å². The van der Waals surface area contributed by atoms with E-state index in [2.05, 4.69) is 46.9 Å². The highest BCUT2D eigenvalue weighted by atomic mass is 79.9. The first-order valence-corrected chi connectivity index (χ1v) is 15.3. The second-order valence-electron chi connectivity index (χ2n) is 11.8. The number of carbonyl (C=O) groups excluding carboxylic acids is 1. The number of carbonyl (C=O) groups is 1. The molecule has 2 aromatic carbocycles. The van der Waals surface area contributed by atoms with Crippen LogP contribution in [0.4, 0.5) is 22.7 Å². The molecule has 12 nitrogen and oxygen atoms in total. The number of non-ortho nitro benzene ring substituents is 1. The summed E-state index contributed by atoms with van der Waals surface area (Å²) in [5, 5.41) is 48.1. The van der Waals surface area contributed by atoms with Gasteiger partial charge in [-0.25, -0.2) is 0 Å². The number of ether oxygens (including phenoxy) is 2. The van der Waals surface area contributed by atoms with E-state index < -0.39 is 10.9 Å². The molecule has 0 saturated heterocycles. The fraction of sp³-hybridized carbons (Fsp3) is 0.548. The number of azo groups is 1. The largest absolute Gasteiger partial charge is 0.494 e. The van der Waals surface area contributed by atoms with Crippen molar-refractivity contribution in [3.8, 4) is 17.6 Å². The van der Waals surface area contributed by atoms with Crippen LogP contribution in [0.25, 0.3) is 0 Å². The van der Waals surface area contributed by atoms with Gasteiger partial charge in [-0.2, -0.15) is 5.26 Å². The van der Waals surface area contributed by atoms with Gasteiger partial charge in [0.1, 0.15) is 23.2 Å². The van der Waals surface area contributed by atoms with Crippen molar-refractivity contribution in [2.24, 2.45) is 21.6 Å². The molecule has 2 rings (SSSR count). The number of nitriles is 1. The molecule has 1 unspecified atom stereocenters. The molecular formula is C31H42BrN5O7. The van der Waals surface area contributed by atoms with E-state index in [1.807, 2.05) is 17.9 Å². The molecule has 0 spiro atoms. The van der Waals surface area contributed by atoms with Gasteiger partial charge in [-0.3, -0.25) is 14.9 Å². The lowest BCUT2D eigenvalue weighted by Crippen LogP contribution is -2.26. The normalized spacial score (nSPS) is 12.2. The zero-order chi connectivity index (χ0) is 32.9. The van der Waals surface area contributed by atoms with Gasteiger partial charge >= 0.3 is 5.97 Å². The van der Waals surface area contributed by atoms with Crippen molar-refractivity contribution in [3.05, 3.63) is 44.4 Å². The van der Waals surface area contributed by atoms with E-state index in [1.165, 1.54) is 13.2 Å². The predicted octanol–water partition coefficient (Wildman–Crippen LogP) is 7.37. The number of hydrogen-bond donors (Lipinski definition) is 2. The molecule has 0 aromatic heterocycles. The number of unbranched alkanes of at least 4 members (excludes halogenated alkanes) is 2. The van der Waals surface area contributed by atoms with E-state index in [1.54, 1.807) is 12.1 Å². The zero-order valence-electron chi connectivity index (χ0n) is 26.0. The van der Waals surface area contributed by atoms with E-state index in [-0.39, 0.29) is 63.8 Å². The number of hydrogen-bond acceptors (Lipinski definition) is 11. The van der Waals surface area contributed by atoms with Crippen molar-refractivity contribution in [1.29, 1.82) is 5.26 Å². The van der Waals surface area contributed by atoms with Gasteiger partial charge in [0.05, 0.1) is 27.8 Å². The summed E-state index contributed by atoms with van der Waals surface area (Å²) in [5.74, 6) is 0.170. The lowest BCUT2D eigenvalue weighted by atomic mass is 9.84. The number of anilines is 1. The summed E-state index contributed by atoms with van der Waals surface area (Å²) in [6, 6.07) is 7.49. The van der Waals surface area contributed by atoms with Gasteiger partial charge in [-0.05, 0) is 59.4 Å². The maximum atomic E-state index is 13.1. The van der Waals surface area contributed by atoms with Crippen LogP contribution in [0.5, 0.6) is 11.5 Å². The van der Waals surface area contributed by atoms with Gasteiger partial charge in [0.25, 0.3) is 5.69 Å². The van der Waals surface area contributed by atoms with Crippen LogP contribution in [0.1, 0.15) is 71.8 Å². The quantitative estimate of drug-likeness (QED) is 0.0433. The van der Waals surface area contributed by atoms with E-state index in [4.69, 9.17) is 9.47 Å². The van der Waals surface area contributed by atoms with Gasteiger partial charge in [0, 0.05) is 57.0 Å². The van der Waals surface area contributed by atoms with Crippen LogP contribution < -0.4 is 14.4 Å². The number of nitro benzene ring substituents is 1. The second-order valence-corrected chi connectivity index (χ2v) is 12.6. The molecular weight excluding hydrogens is 634 g/mol. The molecule has 0 fully saturated rings. The van der Waals surface area contributed by atoms with Gasteiger partial charge in [0.15, 0.2) is 5.75 Å². The number of esters is 1. The fourth-order valence-corrected chi connectivity index (χ4v) is 5.37. The fourth-order valence-electron chi connectivity index (χ4n) is 4.84. The number of aliphatic hydroxyl groups excluding tert-OH is 2. The Morgan fingerprint density at radius 3 is 2.25 bits per heavy atom. The van der Waals surface area contributed by atoms with Crippen molar-refractivity contribution in [2.45, 2.75) is 66.2 Å². The number of rotatable bonds is 17. The first-order valence-electron chi connectivity index (χ1n) is 14.5. The van der Waals surface area contributed by atoms with Gasteiger partial charge < -0.3 is 24.6 Å². The summed E-state index contributed by atoms with van der Waals surface area (Å²) >= 11 is 3.25. The van der Waals surface area contributed by atoms with E-state index >= 15 is 0 Å². The molecule has 0 aliphatic carbocycles. The molecule has 240 valence electrons. The summed E-state index contributed by atoms with van der Waals surface area (Å²) in [5.41, 5.74) is 0.565. The van der Waals surface area contributed by atoms with E-state index in [9.17, 15) is 30.4 Å². The first-order chi connectivity index (χ1) is 20.8. The number of nitro groups is 1. The van der Waals surface area contributed by atoms with Crippen LogP contribution in [-0.4, -0.2) is 54.5 Å².